The van der Waals surface area contributed by atoms with E-state index in [1.54, 1.807) is 6.92 Å². The number of aryl methyl sites for hydroxylation is 1. The maximum absolute atomic E-state index is 12.2. The minimum Gasteiger partial charge on any atom is -0.496 e. The van der Waals surface area contributed by atoms with Gasteiger partial charge in [0.2, 0.25) is 0 Å². The number of aromatic nitrogens is 1. The van der Waals surface area contributed by atoms with Crippen LogP contribution >= 0.6 is 0 Å². The van der Waals surface area contributed by atoms with E-state index in [0.717, 1.165) is 6.07 Å². The molecule has 0 atom stereocenters. The van der Waals surface area contributed by atoms with Crippen LogP contribution in [0, 0.1) is 6.92 Å². The van der Waals surface area contributed by atoms with E-state index in [2.05, 4.69) is 9.88 Å². The van der Waals surface area contributed by atoms with Crippen LogP contribution in [0.1, 0.15) is 16.1 Å². The van der Waals surface area contributed by atoms with Gasteiger partial charge >= 0.3 is 5.97 Å². The van der Waals surface area contributed by atoms with Crippen molar-refractivity contribution in [2.75, 3.05) is 11.8 Å². The fraction of sp³-hybridized carbons (Fsp3) is 0.167. The second kappa shape index (κ2) is 5.44. The third-order valence-corrected chi connectivity index (χ3v) is 3.93. The average Bonchev–Trinajstić information content (AvgIpc) is 2.82. The van der Waals surface area contributed by atoms with Gasteiger partial charge in [0.25, 0.3) is 10.0 Å². The molecule has 0 unspecified atom stereocenters. The van der Waals surface area contributed by atoms with E-state index in [1.807, 2.05) is 0 Å². The third-order valence-electron chi connectivity index (χ3n) is 2.58. The fourth-order valence-corrected chi connectivity index (χ4v) is 2.64. The first-order valence-electron chi connectivity index (χ1n) is 5.71. The van der Waals surface area contributed by atoms with Gasteiger partial charge < -0.3 is 14.4 Å². The molecule has 9 heteroatoms. The molecule has 8 nitrogen and oxygen atoms in total. The lowest BCUT2D eigenvalue weighted by atomic mass is 10.2. The van der Waals surface area contributed by atoms with Crippen molar-refractivity contribution in [3.63, 3.8) is 0 Å². The number of anilines is 1. The van der Waals surface area contributed by atoms with Gasteiger partial charge in [-0.1, -0.05) is 5.16 Å². The van der Waals surface area contributed by atoms with Crippen molar-refractivity contribution >= 4 is 21.8 Å². The Bertz CT molecular complexity index is 781. The van der Waals surface area contributed by atoms with Gasteiger partial charge in [0.1, 0.15) is 17.1 Å². The summed E-state index contributed by atoms with van der Waals surface area (Å²) >= 11 is 0. The number of hydrogen-bond acceptors (Lipinski definition) is 6. The second-order valence-corrected chi connectivity index (χ2v) is 5.78. The summed E-state index contributed by atoms with van der Waals surface area (Å²) in [4.78, 5) is 10.9. The molecular weight excluding hydrogens is 300 g/mol. The quantitative estimate of drug-likeness (QED) is 0.858. The molecule has 0 spiro atoms. The van der Waals surface area contributed by atoms with Crippen LogP contribution in [0.2, 0.25) is 0 Å². The maximum Gasteiger partial charge on any atom is 0.339 e. The van der Waals surface area contributed by atoms with E-state index >= 15 is 0 Å². The SMILES string of the molecule is COc1ccc(S(=O)(=O)Nc2cc(C)on2)cc1C(=O)O. The standard InChI is InChI=1S/C12H12N2O6S/c1-7-5-11(13-20-7)14-21(17,18)8-3-4-10(19-2)9(6-8)12(15)16/h3-6H,1-2H3,(H,13,14)(H,15,16). The first-order valence-corrected chi connectivity index (χ1v) is 7.19. The Morgan fingerprint density at radius 1 is 1.38 bits per heavy atom. The molecule has 0 radical (unpaired) electrons. The first kappa shape index (κ1) is 14.9. The van der Waals surface area contributed by atoms with E-state index in [1.165, 1.54) is 25.3 Å². The zero-order chi connectivity index (χ0) is 15.6. The maximum atomic E-state index is 12.2. The van der Waals surface area contributed by atoms with Crippen molar-refractivity contribution < 1.29 is 27.6 Å². The number of sulfonamides is 1. The van der Waals surface area contributed by atoms with E-state index in [-0.39, 0.29) is 22.0 Å². The highest BCUT2D eigenvalue weighted by Gasteiger charge is 2.20. The Kier molecular flexibility index (Phi) is 3.85. The predicted molar refractivity (Wildman–Crippen MR) is 72.0 cm³/mol. The van der Waals surface area contributed by atoms with Crippen LogP contribution in [0.5, 0.6) is 5.75 Å². The Morgan fingerprint density at radius 3 is 2.62 bits per heavy atom. The van der Waals surface area contributed by atoms with Gasteiger partial charge in [-0.25, -0.2) is 13.2 Å². The number of carboxylic acid groups (broad SMARTS) is 1. The molecule has 0 bridgehead atoms. The number of rotatable bonds is 5. The molecule has 0 aliphatic rings. The van der Waals surface area contributed by atoms with Gasteiger partial charge in [-0.2, -0.15) is 0 Å². The molecule has 2 rings (SSSR count). The average molecular weight is 312 g/mol. The molecule has 0 saturated carbocycles. The van der Waals surface area contributed by atoms with E-state index in [9.17, 15) is 13.2 Å². The number of nitrogens with zero attached hydrogens (tertiary/aromatic N) is 1. The lowest BCUT2D eigenvalue weighted by Crippen LogP contribution is -2.14. The molecule has 1 aromatic carbocycles. The van der Waals surface area contributed by atoms with Crippen LogP contribution in [0.15, 0.2) is 33.7 Å². The van der Waals surface area contributed by atoms with Crippen molar-refractivity contribution in [2.45, 2.75) is 11.8 Å². The zero-order valence-corrected chi connectivity index (χ0v) is 12.0. The summed E-state index contributed by atoms with van der Waals surface area (Å²) in [6.45, 7) is 1.61. The van der Waals surface area contributed by atoms with Crippen molar-refractivity contribution in [3.8, 4) is 5.75 Å². The number of carbonyl (C=O) groups is 1. The summed E-state index contributed by atoms with van der Waals surface area (Å²) in [5.41, 5.74) is -0.253. The van der Waals surface area contributed by atoms with Crippen LogP contribution in [-0.2, 0) is 10.0 Å². The monoisotopic (exact) mass is 312 g/mol. The highest BCUT2D eigenvalue weighted by Crippen LogP contribution is 2.24. The van der Waals surface area contributed by atoms with Crippen molar-refractivity contribution in [3.05, 3.63) is 35.6 Å². The van der Waals surface area contributed by atoms with Crippen molar-refractivity contribution in [1.29, 1.82) is 0 Å². The minimum absolute atomic E-state index is 0.0141. The molecule has 21 heavy (non-hydrogen) atoms. The van der Waals surface area contributed by atoms with Gasteiger partial charge in [0.05, 0.1) is 12.0 Å². The Morgan fingerprint density at radius 2 is 2.10 bits per heavy atom. The number of hydrogen-bond donors (Lipinski definition) is 2. The summed E-state index contributed by atoms with van der Waals surface area (Å²) in [5.74, 6) is -0.770. The number of methoxy groups -OCH3 is 1. The normalized spacial score (nSPS) is 11.1. The van der Waals surface area contributed by atoms with E-state index in [4.69, 9.17) is 14.4 Å². The molecule has 2 N–H and O–H groups in total. The van der Waals surface area contributed by atoms with Gasteiger partial charge in [0.15, 0.2) is 5.82 Å². The number of benzene rings is 1. The van der Waals surface area contributed by atoms with Crippen molar-refractivity contribution in [1.82, 2.24) is 5.16 Å². The van der Waals surface area contributed by atoms with Crippen LogP contribution in [0.25, 0.3) is 0 Å². The smallest absolute Gasteiger partial charge is 0.339 e. The summed E-state index contributed by atoms with van der Waals surface area (Å²) in [7, 11) is -2.67. The van der Waals surface area contributed by atoms with Crippen molar-refractivity contribution in [2.24, 2.45) is 0 Å². The molecular formula is C12H12N2O6S. The number of carboxylic acids is 1. The molecule has 112 valence electrons. The van der Waals surface area contributed by atoms with Crippen LogP contribution < -0.4 is 9.46 Å². The number of ether oxygens (including phenoxy) is 1. The van der Waals surface area contributed by atoms with Crippen LogP contribution in [0.4, 0.5) is 5.82 Å². The van der Waals surface area contributed by atoms with Gasteiger partial charge in [0, 0.05) is 6.07 Å². The molecule has 1 aromatic heterocycles. The topological polar surface area (TPSA) is 119 Å². The predicted octanol–water partition coefficient (Wildman–Crippen LogP) is 1.49. The molecule has 0 amide bonds. The highest BCUT2D eigenvalue weighted by atomic mass is 32.2. The summed E-state index contributed by atoms with van der Waals surface area (Å²) in [5, 5.41) is 12.6. The summed E-state index contributed by atoms with van der Waals surface area (Å²) in [6.07, 6.45) is 0. The lowest BCUT2D eigenvalue weighted by Gasteiger charge is -2.08. The van der Waals surface area contributed by atoms with Gasteiger partial charge in [-0.05, 0) is 25.1 Å². The van der Waals surface area contributed by atoms with Gasteiger partial charge in [-0.15, -0.1) is 0 Å². The van der Waals surface area contributed by atoms with Gasteiger partial charge in [-0.3, -0.25) is 4.72 Å². The molecule has 0 aliphatic carbocycles. The Balaban J connectivity index is 2.40. The second-order valence-electron chi connectivity index (χ2n) is 4.10. The lowest BCUT2D eigenvalue weighted by molar-refractivity contribution is 0.0693. The highest BCUT2D eigenvalue weighted by molar-refractivity contribution is 7.92. The Hall–Kier alpha value is -2.55. The summed E-state index contributed by atoms with van der Waals surface area (Å²) in [6, 6.07) is 4.92. The van der Waals surface area contributed by atoms with Crippen LogP contribution in [0.3, 0.4) is 0 Å². The Labute approximate surface area is 120 Å². The molecule has 0 saturated heterocycles. The third kappa shape index (κ3) is 3.14. The largest absolute Gasteiger partial charge is 0.496 e. The fourth-order valence-electron chi connectivity index (χ4n) is 1.63. The molecule has 1 heterocycles. The molecule has 2 aromatic rings. The molecule has 0 fully saturated rings. The number of nitrogens with one attached hydrogen (secondary N) is 1. The summed E-state index contributed by atoms with van der Waals surface area (Å²) < 4.78 is 36.1. The zero-order valence-electron chi connectivity index (χ0n) is 11.2. The molecule has 0 aliphatic heterocycles. The van der Waals surface area contributed by atoms with E-state index in [0.29, 0.717) is 5.76 Å². The number of aromatic carboxylic acids is 1. The first-order chi connectivity index (χ1) is 9.83. The van der Waals surface area contributed by atoms with E-state index < -0.39 is 16.0 Å². The minimum atomic E-state index is -3.97. The van der Waals surface area contributed by atoms with Crippen LogP contribution in [-0.4, -0.2) is 31.8 Å².